The summed E-state index contributed by atoms with van der Waals surface area (Å²) in [5.41, 5.74) is 1.68. The lowest BCUT2D eigenvalue weighted by Crippen LogP contribution is -2.55. The molecule has 11 heteroatoms. The lowest BCUT2D eigenvalue weighted by Gasteiger charge is -2.42. The highest BCUT2D eigenvalue weighted by Crippen LogP contribution is 2.47. The van der Waals surface area contributed by atoms with Crippen LogP contribution < -0.4 is 5.32 Å². The fourth-order valence-electron chi connectivity index (χ4n) is 6.25. The van der Waals surface area contributed by atoms with Crippen LogP contribution in [0, 0.1) is 17.6 Å². The smallest absolute Gasteiger partial charge is 0.246 e. The van der Waals surface area contributed by atoms with Gasteiger partial charge < -0.3 is 15.1 Å². The maximum Gasteiger partial charge on any atom is 0.246 e. The van der Waals surface area contributed by atoms with Crippen LogP contribution in [-0.4, -0.2) is 90.0 Å². The second kappa shape index (κ2) is 14.3. The summed E-state index contributed by atoms with van der Waals surface area (Å²) in [7, 11) is 0. The summed E-state index contributed by atoms with van der Waals surface area (Å²) < 4.78 is 29.0. The van der Waals surface area contributed by atoms with Crippen LogP contribution in [-0.2, 0) is 9.59 Å². The number of benzene rings is 2. The molecule has 234 valence electrons. The molecule has 1 saturated heterocycles. The van der Waals surface area contributed by atoms with E-state index in [1.54, 1.807) is 11.0 Å². The van der Waals surface area contributed by atoms with Gasteiger partial charge in [-0.15, -0.1) is 11.8 Å². The number of hydrogen-bond acceptors (Lipinski definition) is 6. The molecule has 1 N–H and O–H groups in total. The van der Waals surface area contributed by atoms with E-state index in [2.05, 4.69) is 40.8 Å². The molecule has 3 aliphatic heterocycles. The van der Waals surface area contributed by atoms with Gasteiger partial charge in [0.25, 0.3) is 0 Å². The van der Waals surface area contributed by atoms with Crippen LogP contribution in [0.3, 0.4) is 0 Å². The molecule has 0 spiro atoms. The monoisotopic (exact) mass is 641 g/mol. The van der Waals surface area contributed by atoms with Gasteiger partial charge in [-0.1, -0.05) is 37.3 Å². The first-order valence-corrected chi connectivity index (χ1v) is 16.4. The van der Waals surface area contributed by atoms with E-state index in [9.17, 15) is 14.0 Å². The zero-order valence-corrected chi connectivity index (χ0v) is 26.6. The molecule has 0 aromatic heterocycles. The molecule has 3 atom stereocenters. The molecular formula is C33H38ClF2N5O2S. The second-order valence-electron chi connectivity index (χ2n) is 11.6. The highest BCUT2D eigenvalue weighted by Gasteiger charge is 2.33. The lowest BCUT2D eigenvalue weighted by molar-refractivity contribution is -0.128. The van der Waals surface area contributed by atoms with Gasteiger partial charge >= 0.3 is 0 Å². The molecular weight excluding hydrogens is 604 g/mol. The van der Waals surface area contributed by atoms with Crippen molar-refractivity contribution < 1.29 is 18.4 Å². The molecule has 2 amide bonds. The Morgan fingerprint density at radius 1 is 1.20 bits per heavy atom. The van der Waals surface area contributed by atoms with Crippen LogP contribution in [0.2, 0.25) is 5.02 Å². The summed E-state index contributed by atoms with van der Waals surface area (Å²) in [5, 5.41) is 3.13. The zero-order valence-electron chi connectivity index (χ0n) is 25.1. The van der Waals surface area contributed by atoms with Gasteiger partial charge in [-0.05, 0) is 56.5 Å². The third-order valence-corrected chi connectivity index (χ3v) is 9.92. The number of nitrogens with one attached hydrogen (secondary N) is 1. The molecule has 2 aromatic rings. The number of piperazine rings is 1. The number of anilines is 1. The molecule has 44 heavy (non-hydrogen) atoms. The van der Waals surface area contributed by atoms with E-state index >= 15 is 4.39 Å². The minimum atomic E-state index is -0.734. The van der Waals surface area contributed by atoms with Crippen molar-refractivity contribution in [2.45, 2.75) is 43.7 Å². The Labute approximate surface area is 267 Å². The summed E-state index contributed by atoms with van der Waals surface area (Å²) in [4.78, 5) is 36.6. The van der Waals surface area contributed by atoms with Crippen molar-refractivity contribution in [2.24, 2.45) is 10.9 Å². The summed E-state index contributed by atoms with van der Waals surface area (Å²) in [6.45, 7) is 12.3. The van der Waals surface area contributed by atoms with E-state index in [-0.39, 0.29) is 28.6 Å². The van der Waals surface area contributed by atoms with Gasteiger partial charge in [0.2, 0.25) is 12.3 Å². The summed E-state index contributed by atoms with van der Waals surface area (Å²) in [5.74, 6) is 0.251. The van der Waals surface area contributed by atoms with Crippen LogP contribution in [0.4, 0.5) is 14.5 Å². The molecule has 2 bridgehead atoms. The van der Waals surface area contributed by atoms with Crippen molar-refractivity contribution in [3.8, 4) is 11.1 Å². The number of carbonyl (C=O) groups is 2. The first-order chi connectivity index (χ1) is 21.2. The molecule has 7 nitrogen and oxygen atoms in total. The third-order valence-electron chi connectivity index (χ3n) is 8.37. The van der Waals surface area contributed by atoms with Gasteiger partial charge in [0.1, 0.15) is 17.5 Å². The molecule has 3 aliphatic rings. The number of amidine groups is 1. The van der Waals surface area contributed by atoms with Crippen LogP contribution in [0.25, 0.3) is 11.1 Å². The Kier molecular flexibility index (Phi) is 10.4. The minimum absolute atomic E-state index is 0.0693. The Hall–Kier alpha value is -3.21. The first kappa shape index (κ1) is 32.2. The van der Waals surface area contributed by atoms with E-state index in [1.165, 1.54) is 30.0 Å². The van der Waals surface area contributed by atoms with Gasteiger partial charge in [-0.25, -0.2) is 8.78 Å². The lowest BCUT2D eigenvalue weighted by atomic mass is 9.99. The average Bonchev–Trinajstić information content (AvgIpc) is 2.99. The van der Waals surface area contributed by atoms with Crippen molar-refractivity contribution in [1.82, 2.24) is 14.7 Å². The largest absolute Gasteiger partial charge is 0.350 e. The van der Waals surface area contributed by atoms with Crippen molar-refractivity contribution in [1.29, 1.82) is 0 Å². The number of carbonyl (C=O) groups excluding carboxylic acids is 2. The van der Waals surface area contributed by atoms with Crippen molar-refractivity contribution in [2.75, 3.05) is 50.3 Å². The number of hydrogen-bond donors (Lipinski definition) is 1. The van der Waals surface area contributed by atoms with Crippen molar-refractivity contribution in [3.05, 3.63) is 71.3 Å². The van der Waals surface area contributed by atoms with E-state index in [0.717, 1.165) is 38.5 Å². The molecule has 3 heterocycles. The maximum absolute atomic E-state index is 15.2. The Morgan fingerprint density at radius 2 is 2.02 bits per heavy atom. The Morgan fingerprint density at radius 3 is 2.73 bits per heavy atom. The van der Waals surface area contributed by atoms with Crippen molar-refractivity contribution >= 4 is 47.2 Å². The van der Waals surface area contributed by atoms with Gasteiger partial charge in [-0.2, -0.15) is 0 Å². The zero-order chi connectivity index (χ0) is 31.4. The quantitative estimate of drug-likeness (QED) is 0.215. The topological polar surface area (TPSA) is 68.2 Å². The molecule has 0 saturated carbocycles. The van der Waals surface area contributed by atoms with Crippen LogP contribution in [0.5, 0.6) is 0 Å². The number of aliphatic imine (C=N–C) groups is 1. The number of amides is 2. The molecule has 5 rings (SSSR count). The number of thioether (sulfide) groups is 1. The van der Waals surface area contributed by atoms with E-state index in [1.807, 2.05) is 6.92 Å². The third kappa shape index (κ3) is 7.03. The van der Waals surface area contributed by atoms with E-state index < -0.39 is 11.6 Å². The van der Waals surface area contributed by atoms with Gasteiger partial charge in [0.05, 0.1) is 16.8 Å². The maximum atomic E-state index is 15.2. The predicted molar refractivity (Wildman–Crippen MR) is 174 cm³/mol. The summed E-state index contributed by atoms with van der Waals surface area (Å²) in [6.07, 6.45) is 8.19. The van der Waals surface area contributed by atoms with Gasteiger partial charge in [0, 0.05) is 72.2 Å². The van der Waals surface area contributed by atoms with Crippen molar-refractivity contribution in [3.63, 3.8) is 0 Å². The number of halogens is 3. The second-order valence-corrected chi connectivity index (χ2v) is 13.1. The van der Waals surface area contributed by atoms with Crippen LogP contribution in [0.15, 0.2) is 59.0 Å². The highest BCUT2D eigenvalue weighted by molar-refractivity contribution is 7.99. The summed E-state index contributed by atoms with van der Waals surface area (Å²) >= 11 is 8.37. The highest BCUT2D eigenvalue weighted by atomic mass is 35.5. The number of nitrogens with zero attached hydrogens (tertiary/aromatic N) is 4. The average molecular weight is 642 g/mol. The minimum Gasteiger partial charge on any atom is -0.350 e. The Balaban J connectivity index is 1.55. The normalized spacial score (nSPS) is 22.2. The molecule has 0 aliphatic carbocycles. The summed E-state index contributed by atoms with van der Waals surface area (Å²) in [6, 6.07) is 4.98. The Bertz CT molecular complexity index is 1480. The van der Waals surface area contributed by atoms with E-state index in [0.29, 0.717) is 65.3 Å². The fraction of sp³-hybridized carbons (Fsp3) is 0.424. The SMILES string of the molecule is C=CC(=O)N1CCN(C2=NC(CCCN3CC=CC(C)C3)CSc3c(NC=O)c2cc(Cl)c3-c2ccc(F)cc2F)C(C)C1. The molecule has 1 fully saturated rings. The number of fused-ring (bicyclic) bond motifs is 2. The fourth-order valence-corrected chi connectivity index (χ4v) is 7.89. The molecule has 3 unspecified atom stereocenters. The van der Waals surface area contributed by atoms with Crippen LogP contribution >= 0.6 is 23.4 Å². The standard InChI is InChI=1S/C33H38ClF2N5O2S/c1-4-29(43)40-13-14-41(22(3)18-40)33-26-16-27(34)30(25-10-9-23(35)15-28(25)36)32(31(26)37-20-42)44-19-24(38-33)8-6-12-39-11-5-7-21(2)17-39/h4-5,7,9-10,15-16,20-22,24H,1,6,8,11-14,17-19H2,2-3H3,(H,37,42). The van der Waals surface area contributed by atoms with Gasteiger partial charge in [0.15, 0.2) is 0 Å². The molecule has 2 aromatic carbocycles. The first-order valence-electron chi connectivity index (χ1n) is 15.0. The van der Waals surface area contributed by atoms with Gasteiger partial charge in [-0.3, -0.25) is 19.5 Å². The van der Waals surface area contributed by atoms with Crippen LogP contribution in [0.1, 0.15) is 32.3 Å². The number of rotatable bonds is 8. The molecule has 0 radical (unpaired) electrons. The predicted octanol–water partition coefficient (Wildman–Crippen LogP) is 6.08. The van der Waals surface area contributed by atoms with E-state index in [4.69, 9.17) is 16.6 Å².